The van der Waals surface area contributed by atoms with Crippen molar-refractivity contribution >= 4 is 17.3 Å². The minimum absolute atomic E-state index is 0.629. The van der Waals surface area contributed by atoms with E-state index in [4.69, 9.17) is 11.6 Å². The molecule has 19 heavy (non-hydrogen) atoms. The van der Waals surface area contributed by atoms with E-state index in [1.807, 2.05) is 24.3 Å². The number of anilines is 1. The Kier molecular flexibility index (Phi) is 5.08. The number of rotatable bonds is 4. The Morgan fingerprint density at radius 1 is 1.21 bits per heavy atom. The SMILES string of the molecule is CC1CN(CCNc2ccccc2Cl)CC(C)N1C. The van der Waals surface area contributed by atoms with Crippen LogP contribution < -0.4 is 5.32 Å². The van der Waals surface area contributed by atoms with Crippen LogP contribution in [0.3, 0.4) is 0 Å². The summed E-state index contributed by atoms with van der Waals surface area (Å²) in [4.78, 5) is 4.98. The largest absolute Gasteiger partial charge is 0.383 e. The lowest BCUT2D eigenvalue weighted by Gasteiger charge is -2.42. The van der Waals surface area contributed by atoms with Crippen molar-refractivity contribution in [3.8, 4) is 0 Å². The first-order chi connectivity index (χ1) is 9.08. The van der Waals surface area contributed by atoms with E-state index in [9.17, 15) is 0 Å². The summed E-state index contributed by atoms with van der Waals surface area (Å²) in [6.45, 7) is 8.88. The molecule has 0 saturated carbocycles. The third-order valence-electron chi connectivity index (χ3n) is 4.05. The molecule has 3 nitrogen and oxygen atoms in total. The second-order valence-corrected chi connectivity index (χ2v) is 5.94. The summed E-state index contributed by atoms with van der Waals surface area (Å²) >= 11 is 6.13. The number of nitrogens with one attached hydrogen (secondary N) is 1. The fraction of sp³-hybridized carbons (Fsp3) is 0.600. The smallest absolute Gasteiger partial charge is 0.0637 e. The van der Waals surface area contributed by atoms with Gasteiger partial charge in [0.2, 0.25) is 0 Å². The third-order valence-corrected chi connectivity index (χ3v) is 4.38. The summed E-state index contributed by atoms with van der Waals surface area (Å²) in [7, 11) is 2.22. The van der Waals surface area contributed by atoms with Gasteiger partial charge in [-0.05, 0) is 33.0 Å². The fourth-order valence-electron chi connectivity index (χ4n) is 2.65. The molecular weight excluding hydrogens is 258 g/mol. The van der Waals surface area contributed by atoms with E-state index in [0.29, 0.717) is 12.1 Å². The van der Waals surface area contributed by atoms with Gasteiger partial charge in [-0.1, -0.05) is 23.7 Å². The Morgan fingerprint density at radius 2 is 1.84 bits per heavy atom. The predicted octanol–water partition coefficient (Wildman–Crippen LogP) is 2.78. The second kappa shape index (κ2) is 6.60. The van der Waals surface area contributed by atoms with Crippen LogP contribution >= 0.6 is 11.6 Å². The Hall–Kier alpha value is -0.770. The molecule has 2 rings (SSSR count). The van der Waals surface area contributed by atoms with E-state index >= 15 is 0 Å². The van der Waals surface area contributed by atoms with Crippen LogP contribution in [0.1, 0.15) is 13.8 Å². The normalized spacial score (nSPS) is 25.5. The molecule has 2 atom stereocenters. The van der Waals surface area contributed by atoms with Gasteiger partial charge in [0.15, 0.2) is 0 Å². The lowest BCUT2D eigenvalue weighted by molar-refractivity contribution is 0.0626. The lowest BCUT2D eigenvalue weighted by Crippen LogP contribution is -2.55. The molecule has 4 heteroatoms. The molecule has 2 unspecified atom stereocenters. The van der Waals surface area contributed by atoms with Gasteiger partial charge in [0, 0.05) is 38.3 Å². The van der Waals surface area contributed by atoms with Gasteiger partial charge in [0.1, 0.15) is 0 Å². The zero-order valence-corrected chi connectivity index (χ0v) is 12.8. The van der Waals surface area contributed by atoms with Crippen molar-refractivity contribution in [1.29, 1.82) is 0 Å². The van der Waals surface area contributed by atoms with Gasteiger partial charge in [0.25, 0.3) is 0 Å². The van der Waals surface area contributed by atoms with Crippen LogP contribution in [0, 0.1) is 0 Å². The van der Waals surface area contributed by atoms with Crippen LogP contribution in [0.2, 0.25) is 5.02 Å². The molecule has 1 aliphatic heterocycles. The van der Waals surface area contributed by atoms with Crippen molar-refractivity contribution in [3.63, 3.8) is 0 Å². The van der Waals surface area contributed by atoms with Gasteiger partial charge in [0.05, 0.1) is 10.7 Å². The minimum Gasteiger partial charge on any atom is -0.383 e. The predicted molar refractivity (Wildman–Crippen MR) is 83.1 cm³/mol. The molecule has 0 amide bonds. The van der Waals surface area contributed by atoms with Crippen molar-refractivity contribution < 1.29 is 0 Å². The van der Waals surface area contributed by atoms with Gasteiger partial charge in [-0.2, -0.15) is 0 Å². The Morgan fingerprint density at radius 3 is 2.47 bits per heavy atom. The number of para-hydroxylation sites is 1. The van der Waals surface area contributed by atoms with Crippen LogP contribution in [0.25, 0.3) is 0 Å². The Bertz CT molecular complexity index is 398. The maximum atomic E-state index is 6.13. The van der Waals surface area contributed by atoms with E-state index in [1.54, 1.807) is 0 Å². The highest BCUT2D eigenvalue weighted by atomic mass is 35.5. The standard InChI is InChI=1S/C15H24ClN3/c1-12-10-19(11-13(2)18(12)3)9-8-17-15-7-5-4-6-14(15)16/h4-7,12-13,17H,8-11H2,1-3H3. The zero-order chi connectivity index (χ0) is 13.8. The zero-order valence-electron chi connectivity index (χ0n) is 12.1. The molecule has 1 aromatic carbocycles. The van der Waals surface area contributed by atoms with Crippen molar-refractivity contribution in [2.45, 2.75) is 25.9 Å². The first-order valence-electron chi connectivity index (χ1n) is 7.00. The molecule has 1 aromatic rings. The van der Waals surface area contributed by atoms with Crippen LogP contribution in [0.4, 0.5) is 5.69 Å². The number of piperazine rings is 1. The van der Waals surface area contributed by atoms with Crippen LogP contribution in [-0.2, 0) is 0 Å². The fourth-order valence-corrected chi connectivity index (χ4v) is 2.85. The molecule has 106 valence electrons. The average Bonchev–Trinajstić information content (AvgIpc) is 2.38. The molecule has 1 fully saturated rings. The summed E-state index contributed by atoms with van der Waals surface area (Å²) < 4.78 is 0. The first-order valence-corrected chi connectivity index (χ1v) is 7.38. The summed E-state index contributed by atoms with van der Waals surface area (Å²) in [5.41, 5.74) is 1.03. The van der Waals surface area contributed by atoms with Gasteiger partial charge < -0.3 is 5.32 Å². The second-order valence-electron chi connectivity index (χ2n) is 5.53. The first kappa shape index (κ1) is 14.6. The van der Waals surface area contributed by atoms with Gasteiger partial charge in [-0.15, -0.1) is 0 Å². The maximum Gasteiger partial charge on any atom is 0.0637 e. The van der Waals surface area contributed by atoms with Crippen LogP contribution in [0.5, 0.6) is 0 Å². The van der Waals surface area contributed by atoms with Crippen LogP contribution in [0.15, 0.2) is 24.3 Å². The number of halogens is 1. The number of nitrogens with zero attached hydrogens (tertiary/aromatic N) is 2. The number of benzene rings is 1. The Balaban J connectivity index is 1.79. The van der Waals surface area contributed by atoms with E-state index in [2.05, 4.69) is 36.0 Å². The number of hydrogen-bond acceptors (Lipinski definition) is 3. The van der Waals surface area contributed by atoms with E-state index in [-0.39, 0.29) is 0 Å². The summed E-state index contributed by atoms with van der Waals surface area (Å²) in [5.74, 6) is 0. The Labute approximate surface area is 121 Å². The van der Waals surface area contributed by atoms with Crippen molar-refractivity contribution in [2.24, 2.45) is 0 Å². The highest BCUT2D eigenvalue weighted by Crippen LogP contribution is 2.20. The van der Waals surface area contributed by atoms with E-state index in [0.717, 1.165) is 36.9 Å². The van der Waals surface area contributed by atoms with Gasteiger partial charge in [-0.3, -0.25) is 9.80 Å². The molecule has 0 radical (unpaired) electrons. The lowest BCUT2D eigenvalue weighted by atomic mass is 10.1. The minimum atomic E-state index is 0.629. The topological polar surface area (TPSA) is 18.5 Å². The maximum absolute atomic E-state index is 6.13. The summed E-state index contributed by atoms with van der Waals surface area (Å²) in [6.07, 6.45) is 0. The highest BCUT2D eigenvalue weighted by molar-refractivity contribution is 6.33. The van der Waals surface area contributed by atoms with Crippen molar-refractivity contribution in [1.82, 2.24) is 9.80 Å². The van der Waals surface area contributed by atoms with Crippen LogP contribution in [-0.4, -0.2) is 55.1 Å². The molecule has 0 spiro atoms. The average molecular weight is 282 g/mol. The highest BCUT2D eigenvalue weighted by Gasteiger charge is 2.25. The molecule has 1 N–H and O–H groups in total. The monoisotopic (exact) mass is 281 g/mol. The molecular formula is C15H24ClN3. The molecule has 1 heterocycles. The van der Waals surface area contributed by atoms with Gasteiger partial charge in [-0.25, -0.2) is 0 Å². The van der Waals surface area contributed by atoms with Crippen molar-refractivity contribution in [2.75, 3.05) is 38.5 Å². The van der Waals surface area contributed by atoms with E-state index in [1.165, 1.54) is 0 Å². The quantitative estimate of drug-likeness (QED) is 0.916. The van der Waals surface area contributed by atoms with E-state index < -0.39 is 0 Å². The van der Waals surface area contributed by atoms with Gasteiger partial charge >= 0.3 is 0 Å². The third kappa shape index (κ3) is 3.85. The van der Waals surface area contributed by atoms with Crippen molar-refractivity contribution in [3.05, 3.63) is 29.3 Å². The molecule has 1 saturated heterocycles. The molecule has 0 aromatic heterocycles. The summed E-state index contributed by atoms with van der Waals surface area (Å²) in [6, 6.07) is 9.17. The molecule has 0 bridgehead atoms. The summed E-state index contributed by atoms with van der Waals surface area (Å²) in [5, 5.41) is 4.21. The molecule has 0 aliphatic carbocycles. The molecule has 1 aliphatic rings. The number of hydrogen-bond donors (Lipinski definition) is 1. The number of likely N-dealkylation sites (N-methyl/N-ethyl adjacent to an activating group) is 1.